The summed E-state index contributed by atoms with van der Waals surface area (Å²) >= 11 is 0. The van der Waals surface area contributed by atoms with Crippen LogP contribution in [0.1, 0.15) is 32.1 Å². The van der Waals surface area contributed by atoms with Crippen molar-refractivity contribution in [3.8, 4) is 0 Å². The summed E-state index contributed by atoms with van der Waals surface area (Å²) in [4.78, 5) is 35.9. The zero-order valence-electron chi connectivity index (χ0n) is 11.6. The Labute approximate surface area is 117 Å². The van der Waals surface area contributed by atoms with Gasteiger partial charge in [-0.1, -0.05) is 0 Å². The number of nitrogens with one attached hydrogen (secondary N) is 2. The Balaban J connectivity index is 1.73. The van der Waals surface area contributed by atoms with Crippen molar-refractivity contribution in [1.82, 2.24) is 15.5 Å². The zero-order valence-corrected chi connectivity index (χ0v) is 11.6. The van der Waals surface area contributed by atoms with Crippen molar-refractivity contribution in [3.63, 3.8) is 0 Å². The van der Waals surface area contributed by atoms with Gasteiger partial charge in [0.1, 0.15) is 6.04 Å². The van der Waals surface area contributed by atoms with Gasteiger partial charge in [0, 0.05) is 19.6 Å². The first-order valence-electron chi connectivity index (χ1n) is 7.02. The van der Waals surface area contributed by atoms with E-state index in [0.717, 1.165) is 0 Å². The largest absolute Gasteiger partial charge is 0.481 e. The van der Waals surface area contributed by atoms with Crippen molar-refractivity contribution >= 4 is 17.9 Å². The van der Waals surface area contributed by atoms with Crippen molar-refractivity contribution in [3.05, 3.63) is 0 Å². The maximum atomic E-state index is 11.8. The highest BCUT2D eigenvalue weighted by Gasteiger charge is 2.31. The predicted molar refractivity (Wildman–Crippen MR) is 71.1 cm³/mol. The van der Waals surface area contributed by atoms with Crippen LogP contribution in [-0.4, -0.2) is 53.6 Å². The maximum Gasteiger partial charge on any atom is 0.315 e. The number of carboxylic acids is 1. The van der Waals surface area contributed by atoms with E-state index in [-0.39, 0.29) is 23.9 Å². The molecular formula is C13H21N3O4. The number of hydrogen-bond donors (Lipinski definition) is 3. The number of nitrogens with zero attached hydrogens (tertiary/aromatic N) is 1. The summed E-state index contributed by atoms with van der Waals surface area (Å²) in [5, 5.41) is 14.4. The third-order valence-corrected chi connectivity index (χ3v) is 4.14. The summed E-state index contributed by atoms with van der Waals surface area (Å²) in [6.07, 6.45) is 3.15. The highest BCUT2D eigenvalue weighted by molar-refractivity contribution is 5.88. The smallest absolute Gasteiger partial charge is 0.315 e. The summed E-state index contributed by atoms with van der Waals surface area (Å²) < 4.78 is 0. The molecule has 1 heterocycles. The topological polar surface area (TPSA) is 98.7 Å². The molecule has 1 unspecified atom stereocenters. The van der Waals surface area contributed by atoms with Gasteiger partial charge >= 0.3 is 12.0 Å². The molecule has 2 rings (SSSR count). The van der Waals surface area contributed by atoms with E-state index in [1.807, 2.05) is 0 Å². The van der Waals surface area contributed by atoms with Gasteiger partial charge < -0.3 is 20.6 Å². The lowest BCUT2D eigenvalue weighted by Gasteiger charge is -2.27. The number of carbonyl (C=O) groups is 3. The quantitative estimate of drug-likeness (QED) is 0.687. The number of likely N-dealkylation sites (tertiary alicyclic amines) is 1. The highest BCUT2D eigenvalue weighted by atomic mass is 16.4. The fraction of sp³-hybridized carbons (Fsp3) is 0.769. The van der Waals surface area contributed by atoms with Crippen molar-refractivity contribution in [2.45, 2.75) is 44.2 Å². The van der Waals surface area contributed by atoms with Gasteiger partial charge in [0.25, 0.3) is 0 Å². The Morgan fingerprint density at radius 3 is 2.30 bits per heavy atom. The van der Waals surface area contributed by atoms with E-state index < -0.39 is 12.0 Å². The first-order chi connectivity index (χ1) is 9.47. The molecule has 112 valence electrons. The second kappa shape index (κ2) is 6.11. The Morgan fingerprint density at radius 2 is 1.80 bits per heavy atom. The Kier molecular flexibility index (Phi) is 4.46. The van der Waals surface area contributed by atoms with Crippen molar-refractivity contribution < 1.29 is 19.5 Å². The van der Waals surface area contributed by atoms with Crippen molar-refractivity contribution in [2.24, 2.45) is 5.92 Å². The van der Waals surface area contributed by atoms with E-state index in [0.29, 0.717) is 38.6 Å². The minimum absolute atomic E-state index is 0.000153. The second-order valence-corrected chi connectivity index (χ2v) is 5.61. The molecule has 0 radical (unpaired) electrons. The van der Waals surface area contributed by atoms with Crippen LogP contribution < -0.4 is 10.6 Å². The fourth-order valence-electron chi connectivity index (χ4n) is 2.83. The summed E-state index contributed by atoms with van der Waals surface area (Å²) in [7, 11) is 1.72. The van der Waals surface area contributed by atoms with Crippen LogP contribution in [0.25, 0.3) is 0 Å². The van der Waals surface area contributed by atoms with Gasteiger partial charge in [-0.25, -0.2) is 4.79 Å². The molecule has 1 atom stereocenters. The van der Waals surface area contributed by atoms with Crippen LogP contribution in [0.3, 0.4) is 0 Å². The zero-order chi connectivity index (χ0) is 14.7. The average Bonchev–Trinajstić information content (AvgIpc) is 2.71. The van der Waals surface area contributed by atoms with Crippen molar-refractivity contribution in [1.29, 1.82) is 0 Å². The van der Waals surface area contributed by atoms with Gasteiger partial charge in [0.2, 0.25) is 5.91 Å². The molecule has 3 N–H and O–H groups in total. The predicted octanol–water partition coefficient (Wildman–Crippen LogP) is 0.160. The van der Waals surface area contributed by atoms with Crippen LogP contribution in [0.4, 0.5) is 4.79 Å². The molecule has 7 heteroatoms. The van der Waals surface area contributed by atoms with E-state index in [9.17, 15) is 14.4 Å². The summed E-state index contributed by atoms with van der Waals surface area (Å²) in [6.45, 7) is 0.660. The minimum Gasteiger partial charge on any atom is -0.481 e. The van der Waals surface area contributed by atoms with E-state index in [1.165, 1.54) is 0 Å². The number of carbonyl (C=O) groups excluding carboxylic acids is 2. The van der Waals surface area contributed by atoms with Gasteiger partial charge in [0.15, 0.2) is 0 Å². The molecule has 7 nitrogen and oxygen atoms in total. The maximum absolute atomic E-state index is 11.8. The highest BCUT2D eigenvalue weighted by Crippen LogP contribution is 2.24. The van der Waals surface area contributed by atoms with E-state index in [1.54, 1.807) is 11.9 Å². The monoisotopic (exact) mass is 283 g/mol. The van der Waals surface area contributed by atoms with Crippen LogP contribution in [0.15, 0.2) is 0 Å². The SMILES string of the molecule is CN1CCC(NC(=O)NC2CCC(C(=O)O)CC2)C1=O. The molecule has 0 aromatic heterocycles. The third kappa shape index (κ3) is 3.40. The fourth-order valence-corrected chi connectivity index (χ4v) is 2.83. The molecule has 0 aromatic carbocycles. The third-order valence-electron chi connectivity index (χ3n) is 4.14. The lowest BCUT2D eigenvalue weighted by Crippen LogP contribution is -2.49. The lowest BCUT2D eigenvalue weighted by molar-refractivity contribution is -0.142. The molecule has 1 aliphatic carbocycles. The van der Waals surface area contributed by atoms with E-state index in [4.69, 9.17) is 5.11 Å². The first-order valence-corrected chi connectivity index (χ1v) is 7.02. The number of amides is 3. The molecule has 0 bridgehead atoms. The summed E-state index contributed by atoms with van der Waals surface area (Å²) in [6, 6.07) is -0.771. The molecule has 1 saturated heterocycles. The van der Waals surface area contributed by atoms with E-state index in [2.05, 4.69) is 10.6 Å². The van der Waals surface area contributed by atoms with Crippen LogP contribution in [0.5, 0.6) is 0 Å². The van der Waals surface area contributed by atoms with Crippen LogP contribution >= 0.6 is 0 Å². The van der Waals surface area contributed by atoms with Gasteiger partial charge in [-0.2, -0.15) is 0 Å². The number of carboxylic acid groups (broad SMARTS) is 1. The molecular weight excluding hydrogens is 262 g/mol. The Hall–Kier alpha value is -1.79. The van der Waals surface area contributed by atoms with Crippen LogP contribution in [0.2, 0.25) is 0 Å². The van der Waals surface area contributed by atoms with Crippen LogP contribution in [-0.2, 0) is 9.59 Å². The van der Waals surface area contributed by atoms with Crippen LogP contribution in [0, 0.1) is 5.92 Å². The standard InChI is InChI=1S/C13H21N3O4/c1-16-7-6-10(11(16)17)15-13(20)14-9-4-2-8(3-5-9)12(18)19/h8-10H,2-7H2,1H3,(H,18,19)(H2,14,15,20). The normalized spacial score (nSPS) is 30.1. The molecule has 2 fully saturated rings. The van der Waals surface area contributed by atoms with Gasteiger partial charge in [-0.3, -0.25) is 9.59 Å². The second-order valence-electron chi connectivity index (χ2n) is 5.61. The first kappa shape index (κ1) is 14.6. The number of urea groups is 1. The molecule has 20 heavy (non-hydrogen) atoms. The van der Waals surface area contributed by atoms with E-state index >= 15 is 0 Å². The van der Waals surface area contributed by atoms with Gasteiger partial charge in [-0.05, 0) is 32.1 Å². The molecule has 3 amide bonds. The molecule has 1 saturated carbocycles. The number of aliphatic carboxylic acids is 1. The van der Waals surface area contributed by atoms with Gasteiger partial charge in [-0.15, -0.1) is 0 Å². The average molecular weight is 283 g/mol. The molecule has 1 aliphatic heterocycles. The molecule has 2 aliphatic rings. The van der Waals surface area contributed by atoms with Crippen molar-refractivity contribution in [2.75, 3.05) is 13.6 Å². The number of rotatable bonds is 3. The number of hydrogen-bond acceptors (Lipinski definition) is 3. The number of likely N-dealkylation sites (N-methyl/N-ethyl adjacent to an activating group) is 1. The summed E-state index contributed by atoms with van der Waals surface area (Å²) in [5.41, 5.74) is 0. The molecule has 0 aromatic rings. The molecule has 0 spiro atoms. The summed E-state index contributed by atoms with van der Waals surface area (Å²) in [5.74, 6) is -1.11. The Morgan fingerprint density at radius 1 is 1.15 bits per heavy atom. The Bertz CT molecular complexity index is 404. The van der Waals surface area contributed by atoms with Gasteiger partial charge in [0.05, 0.1) is 5.92 Å². The minimum atomic E-state index is -0.757. The lowest BCUT2D eigenvalue weighted by atomic mass is 9.86.